The van der Waals surface area contributed by atoms with Crippen molar-refractivity contribution in [3.8, 4) is 0 Å². The Labute approximate surface area is 155 Å². The van der Waals surface area contributed by atoms with E-state index in [1.165, 1.54) is 29.2 Å². The molecular formula is C17H16ClN3O4S. The lowest BCUT2D eigenvalue weighted by molar-refractivity contribution is -0.139. The molecule has 1 aliphatic heterocycles. The Morgan fingerprint density at radius 2 is 1.69 bits per heavy atom. The number of sulfonamides is 1. The highest BCUT2D eigenvalue weighted by Crippen LogP contribution is 2.22. The predicted molar refractivity (Wildman–Crippen MR) is 96.9 cm³/mol. The van der Waals surface area contributed by atoms with Gasteiger partial charge in [0.1, 0.15) is 6.04 Å². The molecule has 1 heterocycles. The van der Waals surface area contributed by atoms with Gasteiger partial charge in [0.2, 0.25) is 15.9 Å². The molecule has 3 rings (SSSR count). The number of anilines is 1. The number of nitrogens with zero attached hydrogens (tertiary/aromatic N) is 1. The predicted octanol–water partition coefficient (Wildman–Crippen LogP) is 1.73. The van der Waals surface area contributed by atoms with Gasteiger partial charge in [0, 0.05) is 10.7 Å². The summed E-state index contributed by atoms with van der Waals surface area (Å²) in [7, 11) is -3.78. The van der Waals surface area contributed by atoms with Gasteiger partial charge in [-0.25, -0.2) is 13.6 Å². The fourth-order valence-electron chi connectivity index (χ4n) is 2.68. The normalized spacial score (nSPS) is 17.6. The van der Waals surface area contributed by atoms with Crippen molar-refractivity contribution >= 4 is 39.1 Å². The fourth-order valence-corrected chi connectivity index (χ4v) is 3.32. The van der Waals surface area contributed by atoms with Crippen LogP contribution in [0.3, 0.4) is 0 Å². The molecule has 0 spiro atoms. The molecule has 0 radical (unpaired) electrons. The molecule has 136 valence electrons. The number of nitrogens with two attached hydrogens (primary N) is 1. The number of nitrogens with one attached hydrogen (secondary N) is 1. The van der Waals surface area contributed by atoms with Crippen molar-refractivity contribution in [1.82, 2.24) is 4.90 Å². The number of hydrogen-bond acceptors (Lipinski definition) is 5. The summed E-state index contributed by atoms with van der Waals surface area (Å²) in [6.07, 6.45) is 0.0311. The average Bonchev–Trinajstić information content (AvgIpc) is 2.84. The second-order valence-electron chi connectivity index (χ2n) is 5.92. The highest BCUT2D eigenvalue weighted by atomic mass is 35.5. The van der Waals surface area contributed by atoms with Crippen LogP contribution in [0.2, 0.25) is 5.02 Å². The van der Waals surface area contributed by atoms with Gasteiger partial charge < -0.3 is 5.32 Å². The molecule has 0 aliphatic carbocycles. The first-order chi connectivity index (χ1) is 12.2. The molecule has 26 heavy (non-hydrogen) atoms. The number of halogens is 1. The Hall–Kier alpha value is -2.42. The number of carbonyl (C=O) groups is 2. The van der Waals surface area contributed by atoms with E-state index in [9.17, 15) is 18.0 Å². The standard InChI is InChI=1S/C17H16ClN3O4S/c18-12-3-1-11(2-4-12)10-21-16(22)9-15(17(21)23)20-13-5-7-14(8-6-13)26(19,24)25/h1-8,15,20H,9-10H2,(H2,19,24,25)/t15-/m1/s1. The molecule has 1 fully saturated rings. The minimum atomic E-state index is -3.78. The Balaban J connectivity index is 1.69. The third kappa shape index (κ3) is 4.04. The minimum Gasteiger partial charge on any atom is -0.373 e. The lowest BCUT2D eigenvalue weighted by atomic mass is 10.2. The third-order valence-corrected chi connectivity index (χ3v) is 5.20. The maximum atomic E-state index is 12.5. The van der Waals surface area contributed by atoms with Crippen LogP contribution in [0.15, 0.2) is 53.4 Å². The maximum Gasteiger partial charge on any atom is 0.252 e. The molecule has 1 aliphatic rings. The SMILES string of the molecule is NS(=O)(=O)c1ccc(N[C@@H]2CC(=O)N(Cc3ccc(Cl)cc3)C2=O)cc1. The van der Waals surface area contributed by atoms with E-state index in [4.69, 9.17) is 16.7 Å². The van der Waals surface area contributed by atoms with Crippen LogP contribution in [0.25, 0.3) is 0 Å². The fraction of sp³-hybridized carbons (Fsp3) is 0.176. The van der Waals surface area contributed by atoms with Crippen LogP contribution < -0.4 is 10.5 Å². The van der Waals surface area contributed by atoms with E-state index >= 15 is 0 Å². The zero-order valence-electron chi connectivity index (χ0n) is 13.6. The molecule has 0 bridgehead atoms. The molecule has 2 amide bonds. The number of benzene rings is 2. The van der Waals surface area contributed by atoms with Crippen molar-refractivity contribution in [3.63, 3.8) is 0 Å². The van der Waals surface area contributed by atoms with Crippen molar-refractivity contribution in [3.05, 3.63) is 59.1 Å². The van der Waals surface area contributed by atoms with Crippen LogP contribution in [-0.4, -0.2) is 31.2 Å². The summed E-state index contributed by atoms with van der Waals surface area (Å²) < 4.78 is 22.5. The largest absolute Gasteiger partial charge is 0.373 e. The topological polar surface area (TPSA) is 110 Å². The van der Waals surface area contributed by atoms with Gasteiger partial charge >= 0.3 is 0 Å². The summed E-state index contributed by atoms with van der Waals surface area (Å²) in [6, 6.07) is 11.9. The second kappa shape index (κ2) is 7.06. The van der Waals surface area contributed by atoms with Crippen molar-refractivity contribution in [2.45, 2.75) is 23.9 Å². The van der Waals surface area contributed by atoms with E-state index in [0.717, 1.165) is 5.56 Å². The molecule has 0 saturated carbocycles. The molecule has 1 saturated heterocycles. The summed E-state index contributed by atoms with van der Waals surface area (Å²) in [4.78, 5) is 25.9. The number of amides is 2. The van der Waals surface area contributed by atoms with Crippen molar-refractivity contribution in [1.29, 1.82) is 0 Å². The number of rotatable bonds is 5. The summed E-state index contributed by atoms with van der Waals surface area (Å²) >= 11 is 5.84. The third-order valence-electron chi connectivity index (χ3n) is 4.02. The van der Waals surface area contributed by atoms with Crippen LogP contribution in [0.4, 0.5) is 5.69 Å². The van der Waals surface area contributed by atoms with E-state index in [2.05, 4.69) is 5.32 Å². The first-order valence-corrected chi connectivity index (χ1v) is 9.64. The van der Waals surface area contributed by atoms with Crippen LogP contribution in [0.5, 0.6) is 0 Å². The molecule has 3 N–H and O–H groups in total. The molecule has 9 heteroatoms. The summed E-state index contributed by atoms with van der Waals surface area (Å²) in [5.41, 5.74) is 1.33. The maximum absolute atomic E-state index is 12.5. The number of carbonyl (C=O) groups excluding carboxylic acids is 2. The van der Waals surface area contributed by atoms with Gasteiger partial charge in [-0.3, -0.25) is 14.5 Å². The van der Waals surface area contributed by atoms with Crippen LogP contribution in [-0.2, 0) is 26.2 Å². The molecular weight excluding hydrogens is 378 g/mol. The molecule has 2 aromatic carbocycles. The van der Waals surface area contributed by atoms with Gasteiger partial charge in [0.15, 0.2) is 0 Å². The lowest BCUT2D eigenvalue weighted by Gasteiger charge is -2.16. The van der Waals surface area contributed by atoms with Crippen molar-refractivity contribution in [2.75, 3.05) is 5.32 Å². The second-order valence-corrected chi connectivity index (χ2v) is 7.91. The van der Waals surface area contributed by atoms with Gasteiger partial charge in [-0.05, 0) is 42.0 Å². The summed E-state index contributed by atoms with van der Waals surface area (Å²) in [5, 5.41) is 8.58. The van der Waals surface area contributed by atoms with Gasteiger partial charge in [0.05, 0.1) is 17.9 Å². The van der Waals surface area contributed by atoms with E-state index in [1.807, 2.05) is 0 Å². The number of hydrogen-bond donors (Lipinski definition) is 2. The van der Waals surface area contributed by atoms with E-state index in [1.54, 1.807) is 24.3 Å². The highest BCUT2D eigenvalue weighted by molar-refractivity contribution is 7.89. The minimum absolute atomic E-state index is 0.0266. The van der Waals surface area contributed by atoms with E-state index in [0.29, 0.717) is 10.7 Å². The highest BCUT2D eigenvalue weighted by Gasteiger charge is 2.38. The van der Waals surface area contributed by atoms with Gasteiger partial charge in [-0.2, -0.15) is 0 Å². The number of likely N-dealkylation sites (tertiary alicyclic amines) is 1. The van der Waals surface area contributed by atoms with Gasteiger partial charge in [0.25, 0.3) is 5.91 Å². The Morgan fingerprint density at radius 1 is 1.08 bits per heavy atom. The Morgan fingerprint density at radius 3 is 2.27 bits per heavy atom. The van der Waals surface area contributed by atoms with Crippen LogP contribution in [0, 0.1) is 0 Å². The quantitative estimate of drug-likeness (QED) is 0.752. The van der Waals surface area contributed by atoms with Crippen LogP contribution >= 0.6 is 11.6 Å². The first kappa shape index (κ1) is 18.4. The summed E-state index contributed by atoms with van der Waals surface area (Å²) in [6.45, 7) is 0.178. The van der Waals surface area contributed by atoms with E-state index in [-0.39, 0.29) is 29.7 Å². The number of primary sulfonamides is 1. The zero-order valence-corrected chi connectivity index (χ0v) is 15.1. The van der Waals surface area contributed by atoms with Crippen molar-refractivity contribution in [2.24, 2.45) is 5.14 Å². The van der Waals surface area contributed by atoms with Crippen LogP contribution in [0.1, 0.15) is 12.0 Å². The first-order valence-electron chi connectivity index (χ1n) is 7.72. The molecule has 1 atom stereocenters. The molecule has 0 unspecified atom stereocenters. The Kier molecular flexibility index (Phi) is 4.99. The zero-order chi connectivity index (χ0) is 18.9. The average molecular weight is 394 g/mol. The van der Waals surface area contributed by atoms with E-state index < -0.39 is 16.1 Å². The monoisotopic (exact) mass is 393 g/mol. The lowest BCUT2D eigenvalue weighted by Crippen LogP contribution is -2.34. The molecule has 2 aromatic rings. The summed E-state index contributed by atoms with van der Waals surface area (Å²) in [5.74, 6) is -0.607. The molecule has 0 aromatic heterocycles. The van der Waals surface area contributed by atoms with Crippen molar-refractivity contribution < 1.29 is 18.0 Å². The Bertz CT molecular complexity index is 943. The number of imide groups is 1. The van der Waals surface area contributed by atoms with Gasteiger partial charge in [-0.15, -0.1) is 0 Å². The van der Waals surface area contributed by atoms with Gasteiger partial charge in [-0.1, -0.05) is 23.7 Å². The smallest absolute Gasteiger partial charge is 0.252 e. The molecule has 7 nitrogen and oxygen atoms in total.